The molecule has 1 saturated heterocycles. The van der Waals surface area contributed by atoms with Gasteiger partial charge in [-0.05, 0) is 31.2 Å². The number of hydrogen-bond donors (Lipinski definition) is 1. The van der Waals surface area contributed by atoms with E-state index in [-0.39, 0.29) is 0 Å². The molecule has 1 aliphatic heterocycles. The Hall–Kier alpha value is -1.88. The van der Waals surface area contributed by atoms with Gasteiger partial charge in [-0.1, -0.05) is 6.92 Å². The van der Waals surface area contributed by atoms with Gasteiger partial charge in [0, 0.05) is 44.0 Å². The maximum Gasteiger partial charge on any atom is 0.328 e. The molecule has 0 amide bonds. The predicted molar refractivity (Wildman–Crippen MR) is 79.9 cm³/mol. The number of aliphatic carboxylic acids is 1. The van der Waals surface area contributed by atoms with Gasteiger partial charge in [0.15, 0.2) is 0 Å². The van der Waals surface area contributed by atoms with Crippen LogP contribution in [-0.4, -0.2) is 53.7 Å². The number of piperazine rings is 1. The lowest BCUT2D eigenvalue weighted by Crippen LogP contribution is -2.47. The Morgan fingerprint density at radius 3 is 2.80 bits per heavy atom. The third kappa shape index (κ3) is 3.81. The number of pyridine rings is 1. The Bertz CT molecular complexity index is 480. The lowest BCUT2D eigenvalue weighted by molar-refractivity contribution is -0.131. The van der Waals surface area contributed by atoms with Crippen LogP contribution in [0.3, 0.4) is 0 Å². The number of nitrogens with zero attached hydrogens (tertiary/aromatic N) is 3. The smallest absolute Gasteiger partial charge is 0.328 e. The summed E-state index contributed by atoms with van der Waals surface area (Å²) in [5.74, 6) is -0.0614. The Labute approximate surface area is 119 Å². The van der Waals surface area contributed by atoms with Crippen molar-refractivity contribution in [2.45, 2.75) is 13.3 Å². The first-order valence-corrected chi connectivity index (χ1v) is 7.04. The van der Waals surface area contributed by atoms with Gasteiger partial charge in [0.2, 0.25) is 0 Å². The van der Waals surface area contributed by atoms with Gasteiger partial charge in [0.1, 0.15) is 5.82 Å². The van der Waals surface area contributed by atoms with Crippen LogP contribution in [0.25, 0.3) is 6.08 Å². The normalized spacial score (nSPS) is 16.8. The summed E-state index contributed by atoms with van der Waals surface area (Å²) in [5, 5.41) is 8.74. The van der Waals surface area contributed by atoms with E-state index in [2.05, 4.69) is 21.7 Å². The van der Waals surface area contributed by atoms with E-state index in [1.165, 1.54) is 6.42 Å². The standard InChI is InChI=1S/C15H21N3O2/c1-2-8-17-9-11-18(12-10-17)15-13(4-3-7-16-15)5-6-14(19)20/h3-7H,2,8-12H2,1H3,(H,19,20)/b6-5+. The molecule has 0 aromatic carbocycles. The minimum absolute atomic E-state index is 0.860. The average molecular weight is 275 g/mol. The molecule has 0 unspecified atom stereocenters. The molecule has 2 heterocycles. The lowest BCUT2D eigenvalue weighted by atomic mass is 10.2. The minimum atomic E-state index is -0.937. The summed E-state index contributed by atoms with van der Waals surface area (Å²) >= 11 is 0. The summed E-state index contributed by atoms with van der Waals surface area (Å²) in [4.78, 5) is 19.7. The maximum atomic E-state index is 10.6. The van der Waals surface area contributed by atoms with E-state index < -0.39 is 5.97 Å². The third-order valence-corrected chi connectivity index (χ3v) is 3.43. The van der Waals surface area contributed by atoms with E-state index in [1.54, 1.807) is 12.3 Å². The third-order valence-electron chi connectivity index (χ3n) is 3.43. The Morgan fingerprint density at radius 2 is 2.15 bits per heavy atom. The summed E-state index contributed by atoms with van der Waals surface area (Å²) in [5.41, 5.74) is 0.860. The molecule has 0 atom stereocenters. The number of carboxylic acids is 1. The van der Waals surface area contributed by atoms with E-state index in [0.717, 1.165) is 50.2 Å². The van der Waals surface area contributed by atoms with E-state index in [1.807, 2.05) is 12.1 Å². The van der Waals surface area contributed by atoms with Gasteiger partial charge in [0.25, 0.3) is 0 Å². The first-order valence-electron chi connectivity index (χ1n) is 7.04. The van der Waals surface area contributed by atoms with Crippen LogP contribution in [0.2, 0.25) is 0 Å². The Kier molecular flexibility index (Phi) is 5.12. The monoisotopic (exact) mass is 275 g/mol. The van der Waals surface area contributed by atoms with E-state index in [9.17, 15) is 4.79 Å². The molecule has 1 aromatic rings. The number of aromatic nitrogens is 1. The zero-order valence-electron chi connectivity index (χ0n) is 11.8. The van der Waals surface area contributed by atoms with Crippen molar-refractivity contribution in [1.29, 1.82) is 0 Å². The fourth-order valence-corrected chi connectivity index (χ4v) is 2.46. The van der Waals surface area contributed by atoms with Gasteiger partial charge >= 0.3 is 5.97 Å². The van der Waals surface area contributed by atoms with Crippen LogP contribution in [0, 0.1) is 0 Å². The molecule has 1 fully saturated rings. The van der Waals surface area contributed by atoms with Gasteiger partial charge in [-0.25, -0.2) is 9.78 Å². The van der Waals surface area contributed by atoms with Crippen LogP contribution in [0.4, 0.5) is 5.82 Å². The molecule has 0 bridgehead atoms. The first kappa shape index (κ1) is 14.5. The van der Waals surface area contributed by atoms with Crippen LogP contribution in [0.5, 0.6) is 0 Å². The fraction of sp³-hybridized carbons (Fsp3) is 0.467. The molecule has 1 aliphatic rings. The topological polar surface area (TPSA) is 56.7 Å². The molecular formula is C15H21N3O2. The highest BCUT2D eigenvalue weighted by atomic mass is 16.4. The van der Waals surface area contributed by atoms with Gasteiger partial charge in [-0.3, -0.25) is 4.90 Å². The van der Waals surface area contributed by atoms with E-state index in [4.69, 9.17) is 5.11 Å². The zero-order valence-corrected chi connectivity index (χ0v) is 11.8. The summed E-state index contributed by atoms with van der Waals surface area (Å²) < 4.78 is 0. The van der Waals surface area contributed by atoms with Crippen LogP contribution < -0.4 is 4.90 Å². The number of carboxylic acid groups (broad SMARTS) is 1. The Balaban J connectivity index is 2.08. The molecule has 108 valence electrons. The van der Waals surface area contributed by atoms with Gasteiger partial charge < -0.3 is 10.0 Å². The highest BCUT2D eigenvalue weighted by Crippen LogP contribution is 2.20. The molecule has 5 heteroatoms. The number of anilines is 1. The van der Waals surface area contributed by atoms with E-state index >= 15 is 0 Å². The van der Waals surface area contributed by atoms with Crippen molar-refractivity contribution in [3.8, 4) is 0 Å². The van der Waals surface area contributed by atoms with Gasteiger partial charge in [0.05, 0.1) is 0 Å². The van der Waals surface area contributed by atoms with Gasteiger partial charge in [-0.15, -0.1) is 0 Å². The molecule has 0 radical (unpaired) electrons. The summed E-state index contributed by atoms with van der Waals surface area (Å²) in [7, 11) is 0. The largest absolute Gasteiger partial charge is 0.478 e. The molecule has 20 heavy (non-hydrogen) atoms. The molecule has 0 saturated carbocycles. The van der Waals surface area contributed by atoms with E-state index in [0.29, 0.717) is 0 Å². The van der Waals surface area contributed by atoms with Crippen LogP contribution in [0.1, 0.15) is 18.9 Å². The first-order chi connectivity index (χ1) is 9.70. The lowest BCUT2D eigenvalue weighted by Gasteiger charge is -2.35. The summed E-state index contributed by atoms with van der Waals surface area (Å²) in [6, 6.07) is 3.73. The quantitative estimate of drug-likeness (QED) is 0.829. The highest BCUT2D eigenvalue weighted by Gasteiger charge is 2.18. The fourth-order valence-electron chi connectivity index (χ4n) is 2.46. The van der Waals surface area contributed by atoms with Crippen molar-refractivity contribution in [3.63, 3.8) is 0 Å². The molecule has 1 N–H and O–H groups in total. The average Bonchev–Trinajstić information content (AvgIpc) is 2.47. The molecule has 2 rings (SSSR count). The second-order valence-corrected chi connectivity index (χ2v) is 4.92. The highest BCUT2D eigenvalue weighted by molar-refractivity contribution is 5.86. The van der Waals surface area contributed by atoms with Crippen molar-refractivity contribution in [2.24, 2.45) is 0 Å². The molecular weight excluding hydrogens is 254 g/mol. The SMILES string of the molecule is CCCN1CCN(c2ncccc2/C=C/C(=O)O)CC1. The zero-order chi connectivity index (χ0) is 14.4. The van der Waals surface area contributed by atoms with Crippen molar-refractivity contribution >= 4 is 17.9 Å². The van der Waals surface area contributed by atoms with Crippen molar-refractivity contribution < 1.29 is 9.90 Å². The predicted octanol–water partition coefficient (Wildman–Crippen LogP) is 1.71. The summed E-state index contributed by atoms with van der Waals surface area (Å²) in [6.45, 7) is 7.27. The van der Waals surface area contributed by atoms with Crippen LogP contribution >= 0.6 is 0 Å². The minimum Gasteiger partial charge on any atom is -0.478 e. The summed E-state index contributed by atoms with van der Waals surface area (Å²) in [6.07, 6.45) is 5.71. The molecule has 1 aromatic heterocycles. The second-order valence-electron chi connectivity index (χ2n) is 4.92. The van der Waals surface area contributed by atoms with Gasteiger partial charge in [-0.2, -0.15) is 0 Å². The number of carbonyl (C=O) groups is 1. The molecule has 5 nitrogen and oxygen atoms in total. The maximum absolute atomic E-state index is 10.6. The number of hydrogen-bond acceptors (Lipinski definition) is 4. The van der Waals surface area contributed by atoms with Crippen molar-refractivity contribution in [1.82, 2.24) is 9.88 Å². The van der Waals surface area contributed by atoms with Crippen molar-refractivity contribution in [2.75, 3.05) is 37.6 Å². The second kappa shape index (κ2) is 7.05. The molecule has 0 spiro atoms. The van der Waals surface area contributed by atoms with Crippen molar-refractivity contribution in [3.05, 3.63) is 30.0 Å². The van der Waals surface area contributed by atoms with Crippen LogP contribution in [0.15, 0.2) is 24.4 Å². The molecule has 0 aliphatic carbocycles. The number of rotatable bonds is 5. The van der Waals surface area contributed by atoms with Crippen LogP contribution in [-0.2, 0) is 4.79 Å². The Morgan fingerprint density at radius 1 is 1.40 bits per heavy atom.